The van der Waals surface area contributed by atoms with Crippen molar-refractivity contribution in [2.24, 2.45) is 5.73 Å². The van der Waals surface area contributed by atoms with Gasteiger partial charge in [-0.05, 0) is 50.3 Å². The average Bonchev–Trinajstić information content (AvgIpc) is 3.62. The predicted octanol–water partition coefficient (Wildman–Crippen LogP) is 4.67. The molecule has 2 aromatic carbocycles. The standard InChI is InChI=1S/C32H35N7O2/c1-38(2)15-6-14-34-30-37-36-29-26-19-25(22-7-4-3-5-8-22)28(35-27(26)13-16-39(29)30)23-9-11-24(12-10-23)31(33)20-32(21-31)40-17-18-41-32/h3-5,7-13,16,19H,6,14-15,17-18,20-21,33H2,1-2H3,(H,34,37). The summed E-state index contributed by atoms with van der Waals surface area (Å²) in [7, 11) is 4.16. The zero-order chi connectivity index (χ0) is 28.0. The third kappa shape index (κ3) is 4.74. The maximum absolute atomic E-state index is 6.77. The molecule has 210 valence electrons. The van der Waals surface area contributed by atoms with E-state index >= 15 is 0 Å². The van der Waals surface area contributed by atoms with E-state index in [4.69, 9.17) is 20.2 Å². The Balaban J connectivity index is 1.25. The second kappa shape index (κ2) is 10.2. The molecule has 1 saturated carbocycles. The molecule has 0 radical (unpaired) electrons. The van der Waals surface area contributed by atoms with Crippen molar-refractivity contribution in [1.29, 1.82) is 0 Å². The van der Waals surface area contributed by atoms with Gasteiger partial charge in [-0.1, -0.05) is 54.6 Å². The van der Waals surface area contributed by atoms with Crippen LogP contribution in [0.5, 0.6) is 0 Å². The van der Waals surface area contributed by atoms with E-state index < -0.39 is 11.3 Å². The molecule has 1 saturated heterocycles. The minimum absolute atomic E-state index is 0.445. The van der Waals surface area contributed by atoms with Crippen LogP contribution in [0.15, 0.2) is 72.9 Å². The molecule has 9 heteroatoms. The first-order chi connectivity index (χ1) is 19.9. The Morgan fingerprint density at radius 2 is 1.71 bits per heavy atom. The smallest absolute Gasteiger partial charge is 0.229 e. The number of rotatable bonds is 8. The molecule has 41 heavy (non-hydrogen) atoms. The normalized spacial score (nSPS) is 17.5. The number of pyridine rings is 2. The Morgan fingerprint density at radius 1 is 0.951 bits per heavy atom. The van der Waals surface area contributed by atoms with Crippen molar-refractivity contribution in [2.45, 2.75) is 30.6 Å². The number of ether oxygens (including phenoxy) is 2. The lowest BCUT2D eigenvalue weighted by Gasteiger charge is -2.50. The summed E-state index contributed by atoms with van der Waals surface area (Å²) in [4.78, 5) is 7.36. The van der Waals surface area contributed by atoms with Crippen LogP contribution in [0.3, 0.4) is 0 Å². The van der Waals surface area contributed by atoms with Crippen molar-refractivity contribution in [3.05, 3.63) is 78.5 Å². The van der Waals surface area contributed by atoms with Crippen molar-refractivity contribution < 1.29 is 9.47 Å². The Hall–Kier alpha value is -3.89. The summed E-state index contributed by atoms with van der Waals surface area (Å²) >= 11 is 0. The summed E-state index contributed by atoms with van der Waals surface area (Å²) in [6, 6.07) is 23.1. The Morgan fingerprint density at radius 3 is 2.44 bits per heavy atom. The van der Waals surface area contributed by atoms with Crippen LogP contribution in [0.25, 0.3) is 38.9 Å². The first-order valence-corrected chi connectivity index (χ1v) is 14.2. The van der Waals surface area contributed by atoms with E-state index in [1.54, 1.807) is 0 Å². The molecule has 4 heterocycles. The molecule has 3 N–H and O–H groups in total. The number of benzene rings is 2. The van der Waals surface area contributed by atoms with Gasteiger partial charge < -0.3 is 25.4 Å². The monoisotopic (exact) mass is 549 g/mol. The highest BCUT2D eigenvalue weighted by Crippen LogP contribution is 2.51. The molecule has 2 aliphatic rings. The number of fused-ring (bicyclic) bond motifs is 3. The zero-order valence-electron chi connectivity index (χ0n) is 23.5. The van der Waals surface area contributed by atoms with E-state index in [2.05, 4.69) is 89.1 Å². The van der Waals surface area contributed by atoms with Gasteiger partial charge in [-0.25, -0.2) is 4.98 Å². The van der Waals surface area contributed by atoms with E-state index in [9.17, 15) is 0 Å². The Labute approximate surface area is 239 Å². The van der Waals surface area contributed by atoms with Crippen LogP contribution in [0.4, 0.5) is 5.95 Å². The third-order valence-electron chi connectivity index (χ3n) is 8.24. The van der Waals surface area contributed by atoms with Gasteiger partial charge in [0.15, 0.2) is 11.4 Å². The van der Waals surface area contributed by atoms with Crippen LogP contribution >= 0.6 is 0 Å². The molecule has 0 bridgehead atoms. The number of aromatic nitrogens is 4. The second-order valence-corrected chi connectivity index (χ2v) is 11.5. The average molecular weight is 550 g/mol. The fourth-order valence-corrected chi connectivity index (χ4v) is 6.14. The zero-order valence-corrected chi connectivity index (χ0v) is 23.5. The fraction of sp³-hybridized carbons (Fsp3) is 0.344. The summed E-state index contributed by atoms with van der Waals surface area (Å²) in [5.41, 5.74) is 13.1. The second-order valence-electron chi connectivity index (χ2n) is 11.5. The van der Waals surface area contributed by atoms with Crippen molar-refractivity contribution >= 4 is 22.5 Å². The van der Waals surface area contributed by atoms with Gasteiger partial charge in [0.2, 0.25) is 5.95 Å². The van der Waals surface area contributed by atoms with Gasteiger partial charge >= 0.3 is 0 Å². The molecule has 9 nitrogen and oxygen atoms in total. The summed E-state index contributed by atoms with van der Waals surface area (Å²) in [6.45, 7) is 3.11. The fourth-order valence-electron chi connectivity index (χ4n) is 6.14. The third-order valence-corrected chi connectivity index (χ3v) is 8.24. The number of hydrogen-bond acceptors (Lipinski definition) is 8. The predicted molar refractivity (Wildman–Crippen MR) is 161 cm³/mol. The largest absolute Gasteiger partial charge is 0.354 e. The maximum Gasteiger partial charge on any atom is 0.229 e. The molecular formula is C32H35N7O2. The van der Waals surface area contributed by atoms with Crippen molar-refractivity contribution in [3.63, 3.8) is 0 Å². The van der Waals surface area contributed by atoms with Crippen LogP contribution < -0.4 is 11.1 Å². The van der Waals surface area contributed by atoms with Crippen LogP contribution in [-0.2, 0) is 15.0 Å². The van der Waals surface area contributed by atoms with Gasteiger partial charge in [-0.2, -0.15) is 0 Å². The molecule has 0 unspecified atom stereocenters. The Bertz CT molecular complexity index is 1680. The van der Waals surface area contributed by atoms with E-state index in [0.29, 0.717) is 26.1 Å². The van der Waals surface area contributed by atoms with Crippen molar-refractivity contribution in [2.75, 3.05) is 45.7 Å². The minimum atomic E-state index is -0.498. The number of nitrogens with zero attached hydrogens (tertiary/aromatic N) is 5. The van der Waals surface area contributed by atoms with Crippen LogP contribution in [0.2, 0.25) is 0 Å². The van der Waals surface area contributed by atoms with E-state index in [0.717, 1.165) is 70.0 Å². The lowest BCUT2D eigenvalue weighted by Crippen LogP contribution is -2.60. The molecule has 1 aliphatic heterocycles. The topological polar surface area (TPSA) is 103 Å². The summed E-state index contributed by atoms with van der Waals surface area (Å²) < 4.78 is 13.7. The quantitative estimate of drug-likeness (QED) is 0.269. The Kier molecular flexibility index (Phi) is 6.47. The van der Waals surface area contributed by atoms with Gasteiger partial charge in [-0.3, -0.25) is 4.40 Å². The molecule has 3 aromatic heterocycles. The highest BCUT2D eigenvalue weighted by molar-refractivity contribution is 5.98. The number of nitrogens with one attached hydrogen (secondary N) is 1. The molecule has 0 amide bonds. The molecule has 5 aromatic rings. The first kappa shape index (κ1) is 26.0. The van der Waals surface area contributed by atoms with E-state index in [1.807, 2.05) is 22.7 Å². The highest BCUT2D eigenvalue weighted by atomic mass is 16.7. The maximum atomic E-state index is 6.77. The summed E-state index contributed by atoms with van der Waals surface area (Å²) in [5, 5.41) is 13.4. The van der Waals surface area contributed by atoms with Crippen molar-refractivity contribution in [1.82, 2.24) is 24.5 Å². The summed E-state index contributed by atoms with van der Waals surface area (Å²) in [5.74, 6) is 0.242. The van der Waals surface area contributed by atoms with Crippen LogP contribution in [0, 0.1) is 0 Å². The van der Waals surface area contributed by atoms with Crippen LogP contribution in [0.1, 0.15) is 24.8 Å². The number of nitrogens with two attached hydrogens (primary N) is 1. The molecule has 1 spiro atoms. The first-order valence-electron chi connectivity index (χ1n) is 14.2. The van der Waals surface area contributed by atoms with Gasteiger partial charge in [-0.15, -0.1) is 10.2 Å². The van der Waals surface area contributed by atoms with Gasteiger partial charge in [0.1, 0.15) is 0 Å². The van der Waals surface area contributed by atoms with Gasteiger partial charge in [0, 0.05) is 42.1 Å². The minimum Gasteiger partial charge on any atom is -0.354 e. The van der Waals surface area contributed by atoms with Gasteiger partial charge in [0.25, 0.3) is 0 Å². The van der Waals surface area contributed by atoms with Crippen LogP contribution in [-0.4, -0.2) is 70.7 Å². The summed E-state index contributed by atoms with van der Waals surface area (Å²) in [6.07, 6.45) is 4.35. The molecule has 0 atom stereocenters. The lowest BCUT2D eigenvalue weighted by atomic mass is 9.68. The number of hydrogen-bond donors (Lipinski definition) is 2. The molecule has 7 rings (SSSR count). The highest BCUT2D eigenvalue weighted by Gasteiger charge is 2.57. The number of anilines is 1. The lowest BCUT2D eigenvalue weighted by molar-refractivity contribution is -0.239. The SMILES string of the molecule is CN(C)CCCNc1nnc2c3cc(-c4ccccc4)c(-c4ccc(C5(N)CC6(C5)OCCO6)cc4)nc3ccn12. The van der Waals surface area contributed by atoms with Crippen molar-refractivity contribution in [3.8, 4) is 22.4 Å². The van der Waals surface area contributed by atoms with E-state index in [1.165, 1.54) is 0 Å². The molecule has 2 fully saturated rings. The van der Waals surface area contributed by atoms with Gasteiger partial charge in [0.05, 0.1) is 30.0 Å². The molecule has 1 aliphatic carbocycles. The van der Waals surface area contributed by atoms with E-state index in [-0.39, 0.29) is 0 Å². The molecular weight excluding hydrogens is 514 g/mol.